The van der Waals surface area contributed by atoms with Gasteiger partial charge in [-0.25, -0.2) is 4.79 Å². The van der Waals surface area contributed by atoms with Gasteiger partial charge in [0.05, 0.1) is 7.11 Å². The van der Waals surface area contributed by atoms with Gasteiger partial charge < -0.3 is 20.3 Å². The van der Waals surface area contributed by atoms with Crippen molar-refractivity contribution in [3.63, 3.8) is 0 Å². The van der Waals surface area contributed by atoms with Gasteiger partial charge in [0.25, 0.3) is 0 Å². The third kappa shape index (κ3) is 5.16. The van der Waals surface area contributed by atoms with Crippen LogP contribution in [0, 0.1) is 5.92 Å². The summed E-state index contributed by atoms with van der Waals surface area (Å²) in [6, 6.07) is 14.5. The van der Waals surface area contributed by atoms with E-state index in [0.29, 0.717) is 48.9 Å². The molecule has 2 N–H and O–H groups in total. The second-order valence-corrected chi connectivity index (χ2v) is 7.14. The van der Waals surface area contributed by atoms with Crippen molar-refractivity contribution in [2.45, 2.75) is 19.4 Å². The molecule has 6 nitrogen and oxygen atoms in total. The van der Waals surface area contributed by atoms with E-state index >= 15 is 0 Å². The van der Waals surface area contributed by atoms with Crippen LogP contribution in [0.5, 0.6) is 5.75 Å². The van der Waals surface area contributed by atoms with Crippen LogP contribution >= 0.6 is 11.6 Å². The SMILES string of the molecule is COc1cccc(NC(=O)N2CCC(C(=O)NCc3ccccc3Cl)CC2)c1. The van der Waals surface area contributed by atoms with Crippen molar-refractivity contribution in [1.29, 1.82) is 0 Å². The van der Waals surface area contributed by atoms with Crippen molar-refractivity contribution in [3.05, 3.63) is 59.1 Å². The first kappa shape index (κ1) is 20.0. The lowest BCUT2D eigenvalue weighted by atomic mass is 9.96. The molecule has 28 heavy (non-hydrogen) atoms. The molecule has 1 heterocycles. The number of nitrogens with one attached hydrogen (secondary N) is 2. The maximum Gasteiger partial charge on any atom is 0.321 e. The lowest BCUT2D eigenvalue weighted by Gasteiger charge is -2.31. The molecule has 148 valence electrons. The number of ether oxygens (including phenoxy) is 1. The smallest absolute Gasteiger partial charge is 0.321 e. The maximum absolute atomic E-state index is 12.5. The molecule has 2 aromatic carbocycles. The Bertz CT molecular complexity index is 835. The highest BCUT2D eigenvalue weighted by molar-refractivity contribution is 6.31. The number of amides is 3. The average Bonchev–Trinajstić information content (AvgIpc) is 2.73. The zero-order valence-electron chi connectivity index (χ0n) is 15.8. The molecule has 0 radical (unpaired) electrons. The van der Waals surface area contributed by atoms with Gasteiger partial charge in [0.1, 0.15) is 5.75 Å². The summed E-state index contributed by atoms with van der Waals surface area (Å²) in [6.45, 7) is 1.50. The van der Waals surface area contributed by atoms with Crippen molar-refractivity contribution in [2.24, 2.45) is 5.92 Å². The second kappa shape index (κ2) is 9.46. The van der Waals surface area contributed by atoms with Crippen LogP contribution in [0.3, 0.4) is 0 Å². The first-order valence-corrected chi connectivity index (χ1v) is 9.65. The fraction of sp³-hybridized carbons (Fsp3) is 0.333. The van der Waals surface area contributed by atoms with Crippen LogP contribution < -0.4 is 15.4 Å². The third-order valence-corrected chi connectivity index (χ3v) is 5.25. The highest BCUT2D eigenvalue weighted by Gasteiger charge is 2.27. The maximum atomic E-state index is 12.5. The zero-order valence-corrected chi connectivity index (χ0v) is 16.5. The number of methoxy groups -OCH3 is 1. The molecule has 0 unspecified atom stereocenters. The number of likely N-dealkylation sites (tertiary alicyclic amines) is 1. The Morgan fingerprint density at radius 1 is 1.14 bits per heavy atom. The lowest BCUT2D eigenvalue weighted by molar-refractivity contribution is -0.126. The molecule has 1 aliphatic heterocycles. The van der Waals surface area contributed by atoms with Gasteiger partial charge in [-0.3, -0.25) is 4.79 Å². The van der Waals surface area contributed by atoms with Crippen LogP contribution in [0.4, 0.5) is 10.5 Å². The van der Waals surface area contributed by atoms with E-state index in [0.717, 1.165) is 5.56 Å². The normalized spacial score (nSPS) is 14.4. The van der Waals surface area contributed by atoms with E-state index in [9.17, 15) is 9.59 Å². The van der Waals surface area contributed by atoms with E-state index in [4.69, 9.17) is 16.3 Å². The Kier molecular flexibility index (Phi) is 6.76. The van der Waals surface area contributed by atoms with Gasteiger partial charge in [-0.05, 0) is 36.6 Å². The van der Waals surface area contributed by atoms with Crippen molar-refractivity contribution in [2.75, 3.05) is 25.5 Å². The number of urea groups is 1. The van der Waals surface area contributed by atoms with E-state index in [-0.39, 0.29) is 17.9 Å². The zero-order chi connectivity index (χ0) is 19.9. The fourth-order valence-electron chi connectivity index (χ4n) is 3.22. The van der Waals surface area contributed by atoms with Gasteiger partial charge in [-0.15, -0.1) is 0 Å². The Morgan fingerprint density at radius 2 is 1.89 bits per heavy atom. The minimum atomic E-state index is -0.164. The Labute approximate surface area is 169 Å². The van der Waals surface area contributed by atoms with E-state index in [1.54, 1.807) is 18.1 Å². The average molecular weight is 402 g/mol. The molecule has 1 saturated heterocycles. The third-order valence-electron chi connectivity index (χ3n) is 4.88. The highest BCUT2D eigenvalue weighted by atomic mass is 35.5. The molecule has 0 bridgehead atoms. The van der Waals surface area contributed by atoms with Crippen molar-refractivity contribution in [1.82, 2.24) is 10.2 Å². The fourth-order valence-corrected chi connectivity index (χ4v) is 3.42. The van der Waals surface area contributed by atoms with Gasteiger partial charge in [0.15, 0.2) is 0 Å². The summed E-state index contributed by atoms with van der Waals surface area (Å²) in [5, 5.41) is 6.47. The van der Waals surface area contributed by atoms with Crippen molar-refractivity contribution < 1.29 is 14.3 Å². The van der Waals surface area contributed by atoms with Gasteiger partial charge >= 0.3 is 6.03 Å². The summed E-state index contributed by atoms with van der Waals surface area (Å²) in [7, 11) is 1.59. The number of benzene rings is 2. The monoisotopic (exact) mass is 401 g/mol. The Hall–Kier alpha value is -2.73. The van der Waals surface area contributed by atoms with E-state index in [1.165, 1.54) is 0 Å². The topological polar surface area (TPSA) is 70.7 Å². The largest absolute Gasteiger partial charge is 0.497 e. The van der Waals surface area contributed by atoms with Gasteiger partial charge in [0.2, 0.25) is 5.91 Å². The first-order chi connectivity index (χ1) is 13.6. The minimum absolute atomic E-state index is 0.00720. The molecule has 1 aliphatic rings. The Morgan fingerprint density at radius 3 is 2.61 bits per heavy atom. The number of hydrogen-bond acceptors (Lipinski definition) is 3. The number of anilines is 1. The summed E-state index contributed by atoms with van der Waals surface area (Å²) in [4.78, 5) is 26.6. The van der Waals surface area contributed by atoms with Gasteiger partial charge in [-0.1, -0.05) is 35.9 Å². The van der Waals surface area contributed by atoms with E-state index < -0.39 is 0 Å². The summed E-state index contributed by atoms with van der Waals surface area (Å²) < 4.78 is 5.17. The number of halogens is 1. The lowest BCUT2D eigenvalue weighted by Crippen LogP contribution is -2.44. The van der Waals surface area contributed by atoms with Crippen LogP contribution in [0.1, 0.15) is 18.4 Å². The molecule has 0 atom stereocenters. The van der Waals surface area contributed by atoms with Crippen LogP contribution in [0.25, 0.3) is 0 Å². The molecule has 0 aliphatic carbocycles. The van der Waals surface area contributed by atoms with E-state index in [1.807, 2.05) is 42.5 Å². The van der Waals surface area contributed by atoms with Crippen LogP contribution in [0.2, 0.25) is 5.02 Å². The number of rotatable bonds is 5. The first-order valence-electron chi connectivity index (χ1n) is 9.28. The Balaban J connectivity index is 1.46. The standard InChI is InChI=1S/C21H24ClN3O3/c1-28-18-7-4-6-17(13-18)24-21(27)25-11-9-15(10-12-25)20(26)23-14-16-5-2-3-8-19(16)22/h2-8,13,15H,9-12,14H2,1H3,(H,23,26)(H,24,27). The summed E-state index contributed by atoms with van der Waals surface area (Å²) in [5.41, 5.74) is 1.58. The molecule has 3 amide bonds. The number of hydrogen-bond donors (Lipinski definition) is 2. The quantitative estimate of drug-likeness (QED) is 0.797. The van der Waals surface area contributed by atoms with E-state index in [2.05, 4.69) is 10.6 Å². The molecule has 0 spiro atoms. The molecular formula is C21H24ClN3O3. The van der Waals surface area contributed by atoms with Crippen LogP contribution in [0.15, 0.2) is 48.5 Å². The predicted molar refractivity (Wildman–Crippen MR) is 110 cm³/mol. The van der Waals surface area contributed by atoms with Crippen LogP contribution in [-0.4, -0.2) is 37.0 Å². The summed E-state index contributed by atoms with van der Waals surface area (Å²) in [6.07, 6.45) is 1.28. The molecule has 1 fully saturated rings. The van der Waals surface area contributed by atoms with Crippen LogP contribution in [-0.2, 0) is 11.3 Å². The molecule has 0 saturated carbocycles. The number of nitrogens with zero attached hydrogens (tertiary/aromatic N) is 1. The predicted octanol–water partition coefficient (Wildman–Crippen LogP) is 3.91. The molecule has 3 rings (SSSR count). The van der Waals surface area contributed by atoms with Crippen molar-refractivity contribution in [3.8, 4) is 5.75 Å². The second-order valence-electron chi connectivity index (χ2n) is 6.73. The summed E-state index contributed by atoms with van der Waals surface area (Å²) >= 11 is 6.12. The molecule has 0 aromatic heterocycles. The number of carbonyl (C=O) groups is 2. The highest BCUT2D eigenvalue weighted by Crippen LogP contribution is 2.21. The minimum Gasteiger partial charge on any atom is -0.497 e. The molecular weight excluding hydrogens is 378 g/mol. The van der Waals surface area contributed by atoms with Gasteiger partial charge in [-0.2, -0.15) is 0 Å². The summed E-state index contributed by atoms with van der Waals surface area (Å²) in [5.74, 6) is 0.600. The van der Waals surface area contributed by atoms with Crippen molar-refractivity contribution >= 4 is 29.2 Å². The molecule has 2 aromatic rings. The number of carbonyl (C=O) groups excluding carboxylic acids is 2. The molecule has 7 heteroatoms. The van der Waals surface area contributed by atoms with Gasteiger partial charge in [0, 0.05) is 42.3 Å². The number of piperidine rings is 1.